The Morgan fingerprint density at radius 2 is 2.18 bits per heavy atom. The van der Waals surface area contributed by atoms with Gasteiger partial charge in [-0.25, -0.2) is 4.98 Å². The normalized spacial score (nSPS) is 17.2. The van der Waals surface area contributed by atoms with E-state index < -0.39 is 17.7 Å². The standard InChI is InChI=1S/C13H9F2N3O2S2/c14-12(15)17-4-3-16-10(17)7-18-11(19)9(22-13(18)20)6-8-2-1-5-21-8/h1-6,12H,7H2/b9-6-. The molecule has 2 aromatic rings. The monoisotopic (exact) mass is 341 g/mol. The number of amides is 2. The number of carbonyl (C=O) groups is 2. The van der Waals surface area contributed by atoms with Gasteiger partial charge in [0.15, 0.2) is 0 Å². The summed E-state index contributed by atoms with van der Waals surface area (Å²) >= 11 is 2.24. The summed E-state index contributed by atoms with van der Waals surface area (Å²) < 4.78 is 26.2. The van der Waals surface area contributed by atoms with Crippen molar-refractivity contribution in [3.63, 3.8) is 0 Å². The number of rotatable bonds is 4. The predicted molar refractivity (Wildman–Crippen MR) is 79.3 cm³/mol. The molecular weight excluding hydrogens is 332 g/mol. The van der Waals surface area contributed by atoms with Crippen molar-refractivity contribution < 1.29 is 18.4 Å². The van der Waals surface area contributed by atoms with E-state index in [2.05, 4.69) is 4.98 Å². The summed E-state index contributed by atoms with van der Waals surface area (Å²) in [4.78, 5) is 30.0. The van der Waals surface area contributed by atoms with Crippen LogP contribution in [0.4, 0.5) is 13.6 Å². The Labute approximate surface area is 132 Å². The van der Waals surface area contributed by atoms with Gasteiger partial charge in [0.25, 0.3) is 11.1 Å². The van der Waals surface area contributed by atoms with E-state index >= 15 is 0 Å². The Balaban J connectivity index is 1.82. The molecular formula is C13H9F2N3O2S2. The van der Waals surface area contributed by atoms with E-state index in [1.165, 1.54) is 17.5 Å². The van der Waals surface area contributed by atoms with Crippen molar-refractivity contribution in [1.29, 1.82) is 0 Å². The van der Waals surface area contributed by atoms with Crippen molar-refractivity contribution in [2.75, 3.05) is 0 Å². The van der Waals surface area contributed by atoms with Crippen molar-refractivity contribution in [2.24, 2.45) is 0 Å². The molecule has 0 saturated carbocycles. The lowest BCUT2D eigenvalue weighted by atomic mass is 10.3. The third-order valence-corrected chi connectivity index (χ3v) is 4.68. The van der Waals surface area contributed by atoms with Gasteiger partial charge < -0.3 is 0 Å². The van der Waals surface area contributed by atoms with Crippen LogP contribution in [0.15, 0.2) is 34.8 Å². The average molecular weight is 341 g/mol. The van der Waals surface area contributed by atoms with E-state index in [9.17, 15) is 18.4 Å². The molecule has 1 fully saturated rings. The highest BCUT2D eigenvalue weighted by Gasteiger charge is 2.36. The Hall–Kier alpha value is -2.00. The lowest BCUT2D eigenvalue weighted by Gasteiger charge is -2.13. The van der Waals surface area contributed by atoms with Gasteiger partial charge in [0.1, 0.15) is 5.82 Å². The first-order valence-electron chi connectivity index (χ1n) is 6.15. The maximum absolute atomic E-state index is 12.8. The lowest BCUT2D eigenvalue weighted by molar-refractivity contribution is -0.123. The number of carbonyl (C=O) groups excluding carboxylic acids is 2. The summed E-state index contributed by atoms with van der Waals surface area (Å²) in [5.74, 6) is -0.526. The van der Waals surface area contributed by atoms with E-state index in [0.29, 0.717) is 4.57 Å². The zero-order valence-electron chi connectivity index (χ0n) is 11.0. The molecule has 5 nitrogen and oxygen atoms in total. The molecule has 3 rings (SSSR count). The smallest absolute Gasteiger partial charge is 0.276 e. The largest absolute Gasteiger partial charge is 0.319 e. The minimum absolute atomic E-state index is 0.0327. The second kappa shape index (κ2) is 6.01. The molecule has 2 aromatic heterocycles. The SMILES string of the molecule is O=C1S/C(=C\c2cccs2)C(=O)N1Cc1nccn1C(F)F. The molecule has 1 aliphatic heterocycles. The topological polar surface area (TPSA) is 55.2 Å². The first-order valence-corrected chi connectivity index (χ1v) is 7.84. The molecule has 0 spiro atoms. The number of hydrogen-bond acceptors (Lipinski definition) is 5. The molecule has 1 aliphatic rings. The van der Waals surface area contributed by atoms with Gasteiger partial charge >= 0.3 is 6.55 Å². The zero-order chi connectivity index (χ0) is 15.7. The molecule has 0 aromatic carbocycles. The number of aromatic nitrogens is 2. The number of thiophene rings is 1. The maximum atomic E-state index is 12.8. The summed E-state index contributed by atoms with van der Waals surface area (Å²) in [5, 5.41) is 1.37. The van der Waals surface area contributed by atoms with Gasteiger partial charge in [-0.1, -0.05) is 6.07 Å². The molecule has 3 heterocycles. The summed E-state index contributed by atoms with van der Waals surface area (Å²) in [6.45, 7) is -3.04. The van der Waals surface area contributed by atoms with E-state index in [4.69, 9.17) is 0 Å². The first kappa shape index (κ1) is 14.9. The van der Waals surface area contributed by atoms with Crippen LogP contribution in [-0.2, 0) is 11.3 Å². The second-order valence-electron chi connectivity index (χ2n) is 4.31. The van der Waals surface area contributed by atoms with Gasteiger partial charge in [0.2, 0.25) is 0 Å². The molecule has 2 amide bonds. The van der Waals surface area contributed by atoms with Crippen LogP contribution in [0.5, 0.6) is 0 Å². The summed E-state index contributed by atoms with van der Waals surface area (Å²) in [6, 6.07) is 3.66. The maximum Gasteiger partial charge on any atom is 0.319 e. The van der Waals surface area contributed by atoms with E-state index in [1.807, 2.05) is 17.5 Å². The van der Waals surface area contributed by atoms with Crippen LogP contribution in [0.25, 0.3) is 6.08 Å². The highest BCUT2D eigenvalue weighted by Crippen LogP contribution is 2.34. The van der Waals surface area contributed by atoms with Crippen LogP contribution in [0.2, 0.25) is 0 Å². The number of imidazole rings is 1. The van der Waals surface area contributed by atoms with Crippen molar-refractivity contribution >= 4 is 40.3 Å². The molecule has 0 aliphatic carbocycles. The number of alkyl halides is 2. The summed E-state index contributed by atoms with van der Waals surface area (Å²) in [5.41, 5.74) is 0. The third-order valence-electron chi connectivity index (χ3n) is 2.95. The summed E-state index contributed by atoms with van der Waals surface area (Å²) in [7, 11) is 0. The van der Waals surface area contributed by atoms with Gasteiger partial charge in [-0.15, -0.1) is 11.3 Å². The summed E-state index contributed by atoms with van der Waals surface area (Å²) in [6.07, 6.45) is 3.94. The van der Waals surface area contributed by atoms with Crippen molar-refractivity contribution in [3.8, 4) is 0 Å². The van der Waals surface area contributed by atoms with E-state index in [1.54, 1.807) is 6.08 Å². The first-order chi connectivity index (χ1) is 10.6. The van der Waals surface area contributed by atoms with Gasteiger partial charge in [0, 0.05) is 17.3 Å². The van der Waals surface area contributed by atoms with Crippen LogP contribution in [0.3, 0.4) is 0 Å². The van der Waals surface area contributed by atoms with Crippen molar-refractivity contribution in [1.82, 2.24) is 14.5 Å². The number of nitrogens with zero attached hydrogens (tertiary/aromatic N) is 3. The number of hydrogen-bond donors (Lipinski definition) is 0. The minimum atomic E-state index is -2.76. The van der Waals surface area contributed by atoms with Gasteiger partial charge in [-0.3, -0.25) is 19.1 Å². The Morgan fingerprint density at radius 1 is 1.36 bits per heavy atom. The highest BCUT2D eigenvalue weighted by atomic mass is 32.2. The van der Waals surface area contributed by atoms with Crippen LogP contribution in [-0.4, -0.2) is 25.6 Å². The molecule has 0 bridgehead atoms. The molecule has 22 heavy (non-hydrogen) atoms. The second-order valence-corrected chi connectivity index (χ2v) is 6.28. The third kappa shape index (κ3) is 2.81. The minimum Gasteiger partial charge on any atom is -0.276 e. The number of halogens is 2. The molecule has 9 heteroatoms. The van der Waals surface area contributed by atoms with E-state index in [-0.39, 0.29) is 17.3 Å². The van der Waals surface area contributed by atoms with Crippen LogP contribution in [0.1, 0.15) is 17.3 Å². The fourth-order valence-corrected chi connectivity index (χ4v) is 3.49. The Bertz CT molecular complexity index is 740. The van der Waals surface area contributed by atoms with Crippen LogP contribution in [0, 0.1) is 0 Å². The van der Waals surface area contributed by atoms with Crippen LogP contribution < -0.4 is 0 Å². The van der Waals surface area contributed by atoms with Gasteiger partial charge in [-0.05, 0) is 29.3 Å². The molecule has 0 radical (unpaired) electrons. The fraction of sp³-hybridized carbons (Fsp3) is 0.154. The Morgan fingerprint density at radius 3 is 2.86 bits per heavy atom. The van der Waals surface area contributed by atoms with E-state index in [0.717, 1.165) is 27.7 Å². The number of imide groups is 1. The molecule has 0 atom stereocenters. The lowest BCUT2D eigenvalue weighted by Crippen LogP contribution is -2.29. The predicted octanol–water partition coefficient (Wildman–Crippen LogP) is 3.58. The van der Waals surface area contributed by atoms with Gasteiger partial charge in [-0.2, -0.15) is 8.78 Å². The molecule has 0 N–H and O–H groups in total. The Kier molecular flexibility index (Phi) is 4.08. The zero-order valence-corrected chi connectivity index (χ0v) is 12.6. The van der Waals surface area contributed by atoms with Crippen LogP contribution >= 0.6 is 23.1 Å². The van der Waals surface area contributed by atoms with Crippen molar-refractivity contribution in [2.45, 2.75) is 13.1 Å². The number of thioether (sulfide) groups is 1. The van der Waals surface area contributed by atoms with Crippen molar-refractivity contribution in [3.05, 3.63) is 45.5 Å². The molecule has 114 valence electrons. The average Bonchev–Trinajstić information content (AvgIpc) is 3.18. The highest BCUT2D eigenvalue weighted by molar-refractivity contribution is 8.18. The van der Waals surface area contributed by atoms with Gasteiger partial charge in [0.05, 0.1) is 11.4 Å². The fourth-order valence-electron chi connectivity index (χ4n) is 1.92. The quantitative estimate of drug-likeness (QED) is 0.798. The molecule has 0 unspecified atom stereocenters. The molecule has 1 saturated heterocycles.